The van der Waals surface area contributed by atoms with E-state index >= 15 is 0 Å². The van der Waals surface area contributed by atoms with Crippen LogP contribution in [0.3, 0.4) is 0 Å². The Balaban J connectivity index is 1.92. The summed E-state index contributed by atoms with van der Waals surface area (Å²) < 4.78 is 38.0. The van der Waals surface area contributed by atoms with Crippen LogP contribution in [0, 0.1) is 5.92 Å². The van der Waals surface area contributed by atoms with Crippen LogP contribution < -0.4 is 0 Å². The Labute approximate surface area is 131 Å². The number of amides is 1. The van der Waals surface area contributed by atoms with E-state index in [-0.39, 0.29) is 24.7 Å². The summed E-state index contributed by atoms with van der Waals surface area (Å²) >= 11 is 0. The van der Waals surface area contributed by atoms with Crippen molar-refractivity contribution >= 4 is 11.9 Å². The normalized spacial score (nSPS) is 16.4. The summed E-state index contributed by atoms with van der Waals surface area (Å²) in [7, 11) is 0. The third-order valence-corrected chi connectivity index (χ3v) is 4.04. The molecule has 2 rings (SSSR count). The molecule has 126 valence electrons. The highest BCUT2D eigenvalue weighted by atomic mass is 19.4. The van der Waals surface area contributed by atoms with Crippen molar-refractivity contribution in [1.82, 2.24) is 4.90 Å². The average molecular weight is 329 g/mol. The molecule has 0 spiro atoms. The van der Waals surface area contributed by atoms with Gasteiger partial charge in [-0.05, 0) is 30.4 Å². The van der Waals surface area contributed by atoms with Gasteiger partial charge >= 0.3 is 12.1 Å². The lowest BCUT2D eigenvalue weighted by Crippen LogP contribution is -2.39. The first-order valence-corrected chi connectivity index (χ1v) is 7.41. The zero-order valence-electron chi connectivity index (χ0n) is 12.5. The molecule has 7 heteroatoms. The Morgan fingerprint density at radius 3 is 2.43 bits per heavy atom. The van der Waals surface area contributed by atoms with Gasteiger partial charge in [0.05, 0.1) is 12.0 Å². The number of carboxylic acid groups (broad SMARTS) is 1. The van der Waals surface area contributed by atoms with Gasteiger partial charge in [-0.2, -0.15) is 13.2 Å². The fraction of sp³-hybridized carbons (Fsp3) is 0.500. The number of halogens is 3. The standard InChI is InChI=1S/C16H18F3NO3/c17-16(18,19)13-3-1-2-12(8-13)9-14(21)20-6-4-11(5-7-20)10-15(22)23/h1-3,8,11H,4-7,9-10H2,(H,22,23). The number of alkyl halides is 3. The molecule has 1 fully saturated rings. The highest BCUT2D eigenvalue weighted by Gasteiger charge is 2.31. The van der Waals surface area contributed by atoms with Crippen molar-refractivity contribution in [2.75, 3.05) is 13.1 Å². The lowest BCUT2D eigenvalue weighted by Gasteiger charge is -2.31. The number of carbonyl (C=O) groups excluding carboxylic acids is 1. The van der Waals surface area contributed by atoms with Gasteiger partial charge in [0, 0.05) is 19.5 Å². The summed E-state index contributed by atoms with van der Waals surface area (Å²) in [6, 6.07) is 4.77. The molecule has 0 bridgehead atoms. The van der Waals surface area contributed by atoms with Gasteiger partial charge in [0.25, 0.3) is 0 Å². The molecular weight excluding hydrogens is 311 g/mol. The monoisotopic (exact) mass is 329 g/mol. The van der Waals surface area contributed by atoms with E-state index in [0.29, 0.717) is 31.5 Å². The van der Waals surface area contributed by atoms with Gasteiger partial charge in [-0.25, -0.2) is 0 Å². The number of rotatable bonds is 4. The fourth-order valence-corrected chi connectivity index (χ4v) is 2.78. The first-order chi connectivity index (χ1) is 10.8. The number of carbonyl (C=O) groups is 2. The number of benzene rings is 1. The summed E-state index contributed by atoms with van der Waals surface area (Å²) in [5, 5.41) is 8.75. The Hall–Kier alpha value is -2.05. The third-order valence-electron chi connectivity index (χ3n) is 4.04. The number of piperidine rings is 1. The number of hydrogen-bond donors (Lipinski definition) is 1. The smallest absolute Gasteiger partial charge is 0.416 e. The van der Waals surface area contributed by atoms with Crippen LogP contribution in [0.5, 0.6) is 0 Å². The molecule has 1 aliphatic heterocycles. The van der Waals surface area contributed by atoms with E-state index in [4.69, 9.17) is 5.11 Å². The molecule has 1 aliphatic rings. The molecule has 0 aromatic heterocycles. The Bertz CT molecular complexity index is 578. The predicted molar refractivity (Wildman–Crippen MR) is 76.7 cm³/mol. The summed E-state index contributed by atoms with van der Waals surface area (Å²) in [5.41, 5.74) is -0.430. The number of aliphatic carboxylic acids is 1. The highest BCUT2D eigenvalue weighted by Crippen LogP contribution is 2.29. The Kier molecular flexibility index (Phi) is 5.28. The molecule has 0 unspecified atom stereocenters. The molecule has 1 heterocycles. The number of nitrogens with zero attached hydrogens (tertiary/aromatic N) is 1. The topological polar surface area (TPSA) is 57.6 Å². The summed E-state index contributed by atoms with van der Waals surface area (Å²) in [6.07, 6.45) is -3.18. The van der Waals surface area contributed by atoms with E-state index in [1.807, 2.05) is 0 Å². The van der Waals surface area contributed by atoms with Gasteiger partial charge in [0.2, 0.25) is 5.91 Å². The zero-order valence-corrected chi connectivity index (χ0v) is 12.5. The second-order valence-corrected chi connectivity index (χ2v) is 5.80. The van der Waals surface area contributed by atoms with Crippen molar-refractivity contribution in [3.8, 4) is 0 Å². The van der Waals surface area contributed by atoms with Gasteiger partial charge in [-0.3, -0.25) is 9.59 Å². The molecule has 1 N–H and O–H groups in total. The molecule has 1 saturated heterocycles. The number of likely N-dealkylation sites (tertiary alicyclic amines) is 1. The molecule has 1 amide bonds. The molecule has 1 aromatic carbocycles. The molecule has 0 saturated carbocycles. The van der Waals surface area contributed by atoms with Crippen LogP contribution in [-0.4, -0.2) is 35.0 Å². The second-order valence-electron chi connectivity index (χ2n) is 5.80. The molecule has 0 atom stereocenters. The molecule has 23 heavy (non-hydrogen) atoms. The average Bonchev–Trinajstić information content (AvgIpc) is 2.46. The van der Waals surface area contributed by atoms with Crippen LogP contribution in [0.25, 0.3) is 0 Å². The molecule has 4 nitrogen and oxygen atoms in total. The Morgan fingerprint density at radius 2 is 1.87 bits per heavy atom. The van der Waals surface area contributed by atoms with E-state index in [9.17, 15) is 22.8 Å². The van der Waals surface area contributed by atoms with E-state index in [1.54, 1.807) is 4.90 Å². The number of hydrogen-bond acceptors (Lipinski definition) is 2. The van der Waals surface area contributed by atoms with Crippen LogP contribution >= 0.6 is 0 Å². The first kappa shape index (κ1) is 17.3. The van der Waals surface area contributed by atoms with Crippen LogP contribution in [0.15, 0.2) is 24.3 Å². The van der Waals surface area contributed by atoms with Gasteiger partial charge < -0.3 is 10.0 Å². The van der Waals surface area contributed by atoms with Crippen molar-refractivity contribution in [3.05, 3.63) is 35.4 Å². The maximum absolute atomic E-state index is 12.7. The summed E-state index contributed by atoms with van der Waals surface area (Å²) in [6.45, 7) is 0.908. The minimum absolute atomic E-state index is 0.0603. The maximum Gasteiger partial charge on any atom is 0.416 e. The molecule has 0 aliphatic carbocycles. The number of carboxylic acids is 1. The van der Waals surface area contributed by atoms with Crippen LogP contribution in [0.2, 0.25) is 0 Å². The highest BCUT2D eigenvalue weighted by molar-refractivity contribution is 5.79. The van der Waals surface area contributed by atoms with Gasteiger partial charge in [0.15, 0.2) is 0 Å². The van der Waals surface area contributed by atoms with Gasteiger partial charge in [0.1, 0.15) is 0 Å². The largest absolute Gasteiger partial charge is 0.481 e. The first-order valence-electron chi connectivity index (χ1n) is 7.41. The van der Waals surface area contributed by atoms with Crippen molar-refractivity contribution in [1.29, 1.82) is 0 Å². The SMILES string of the molecule is O=C(O)CC1CCN(C(=O)Cc2cccc(C(F)(F)F)c2)CC1. The lowest BCUT2D eigenvalue weighted by atomic mass is 9.93. The lowest BCUT2D eigenvalue weighted by molar-refractivity contribution is -0.139. The third kappa shape index (κ3) is 4.97. The van der Waals surface area contributed by atoms with Crippen LogP contribution in [0.1, 0.15) is 30.4 Å². The minimum atomic E-state index is -4.42. The van der Waals surface area contributed by atoms with E-state index in [1.165, 1.54) is 12.1 Å². The summed E-state index contributed by atoms with van der Waals surface area (Å²) in [5.74, 6) is -1.01. The maximum atomic E-state index is 12.7. The van der Waals surface area contributed by atoms with Gasteiger partial charge in [-0.1, -0.05) is 18.2 Å². The molecule has 1 aromatic rings. The van der Waals surface area contributed by atoms with E-state index in [0.717, 1.165) is 12.1 Å². The van der Waals surface area contributed by atoms with Crippen molar-refractivity contribution in [2.24, 2.45) is 5.92 Å². The quantitative estimate of drug-likeness (QED) is 0.924. The molecular formula is C16H18F3NO3. The molecule has 0 radical (unpaired) electrons. The van der Waals surface area contributed by atoms with Crippen LogP contribution in [-0.2, 0) is 22.2 Å². The minimum Gasteiger partial charge on any atom is -0.481 e. The van der Waals surface area contributed by atoms with Crippen LogP contribution in [0.4, 0.5) is 13.2 Å². The van der Waals surface area contributed by atoms with Crippen molar-refractivity contribution < 1.29 is 27.9 Å². The van der Waals surface area contributed by atoms with Crippen molar-refractivity contribution in [3.63, 3.8) is 0 Å². The second kappa shape index (κ2) is 7.02. The summed E-state index contributed by atoms with van der Waals surface area (Å²) in [4.78, 5) is 24.4. The Morgan fingerprint density at radius 1 is 1.22 bits per heavy atom. The van der Waals surface area contributed by atoms with E-state index in [2.05, 4.69) is 0 Å². The van der Waals surface area contributed by atoms with E-state index < -0.39 is 17.7 Å². The fourth-order valence-electron chi connectivity index (χ4n) is 2.78. The zero-order chi connectivity index (χ0) is 17.0. The predicted octanol–water partition coefficient (Wildman–Crippen LogP) is 2.96. The van der Waals surface area contributed by atoms with Crippen molar-refractivity contribution in [2.45, 2.75) is 31.9 Å². The van der Waals surface area contributed by atoms with Gasteiger partial charge in [-0.15, -0.1) is 0 Å².